The van der Waals surface area contributed by atoms with Crippen molar-refractivity contribution in [1.82, 2.24) is 10.2 Å². The van der Waals surface area contributed by atoms with Gasteiger partial charge in [-0.05, 0) is 72.0 Å². The van der Waals surface area contributed by atoms with E-state index in [2.05, 4.69) is 83.0 Å². The molecule has 34 heavy (non-hydrogen) atoms. The predicted molar refractivity (Wildman–Crippen MR) is 134 cm³/mol. The van der Waals surface area contributed by atoms with Crippen LogP contribution in [-0.4, -0.2) is 16.3 Å². The van der Waals surface area contributed by atoms with Crippen molar-refractivity contribution >= 4 is 0 Å². The number of hydrogen-bond acceptors (Lipinski definition) is 4. The fourth-order valence-electron chi connectivity index (χ4n) is 4.76. The molecular formula is C30H24N2O2. The summed E-state index contributed by atoms with van der Waals surface area (Å²) in [6.07, 6.45) is 0.103. The zero-order chi connectivity index (χ0) is 23.1. The molecule has 0 fully saturated rings. The molecule has 4 nitrogen and oxygen atoms in total. The van der Waals surface area contributed by atoms with Crippen LogP contribution in [-0.2, 0) is 0 Å². The second-order valence-electron chi connectivity index (χ2n) is 8.84. The van der Waals surface area contributed by atoms with Gasteiger partial charge in [-0.15, -0.1) is 10.2 Å². The van der Waals surface area contributed by atoms with Crippen LogP contribution < -0.4 is 4.74 Å². The van der Waals surface area contributed by atoms with Crippen molar-refractivity contribution in [3.63, 3.8) is 0 Å². The van der Waals surface area contributed by atoms with Gasteiger partial charge >= 0.3 is 0 Å². The average molecular weight is 445 g/mol. The molecule has 1 heterocycles. The summed E-state index contributed by atoms with van der Waals surface area (Å²) >= 11 is 0. The molecule has 1 aliphatic carbocycles. The SMILES string of the molecule is CC(C)Oc1cccc(-c2nnc(-c3ccc(C4c5ccccc5-c5ccccc54)cc3)o2)c1. The average Bonchev–Trinajstić information content (AvgIpc) is 3.48. The first kappa shape index (κ1) is 20.4. The van der Waals surface area contributed by atoms with E-state index in [0.717, 1.165) is 16.9 Å². The lowest BCUT2D eigenvalue weighted by Crippen LogP contribution is -2.05. The fourth-order valence-corrected chi connectivity index (χ4v) is 4.76. The summed E-state index contributed by atoms with van der Waals surface area (Å²) in [5.41, 5.74) is 8.32. The van der Waals surface area contributed by atoms with Crippen molar-refractivity contribution in [2.24, 2.45) is 0 Å². The Bertz CT molecular complexity index is 1420. The Kier molecular flexibility index (Phi) is 4.99. The zero-order valence-corrected chi connectivity index (χ0v) is 19.1. The molecule has 166 valence electrons. The summed E-state index contributed by atoms with van der Waals surface area (Å²) in [5, 5.41) is 8.57. The number of fused-ring (bicyclic) bond motifs is 3. The van der Waals surface area contributed by atoms with Gasteiger partial charge in [0.1, 0.15) is 5.75 Å². The van der Waals surface area contributed by atoms with Crippen LogP contribution in [0.4, 0.5) is 0 Å². The molecule has 0 saturated heterocycles. The number of ether oxygens (including phenoxy) is 1. The van der Waals surface area contributed by atoms with E-state index in [1.54, 1.807) is 0 Å². The first-order chi connectivity index (χ1) is 16.7. The third-order valence-corrected chi connectivity index (χ3v) is 6.20. The second-order valence-corrected chi connectivity index (χ2v) is 8.84. The maximum absolute atomic E-state index is 6.02. The fraction of sp³-hybridized carbons (Fsp3) is 0.133. The lowest BCUT2D eigenvalue weighted by molar-refractivity contribution is 0.242. The van der Waals surface area contributed by atoms with E-state index in [4.69, 9.17) is 9.15 Å². The second kappa shape index (κ2) is 8.31. The predicted octanol–water partition coefficient (Wildman–Crippen LogP) is 7.35. The minimum absolute atomic E-state index is 0.103. The number of nitrogens with zero attached hydrogens (tertiary/aromatic N) is 2. The molecule has 4 heteroatoms. The van der Waals surface area contributed by atoms with Crippen LogP contribution in [0.2, 0.25) is 0 Å². The molecule has 0 radical (unpaired) electrons. The van der Waals surface area contributed by atoms with E-state index in [-0.39, 0.29) is 12.0 Å². The van der Waals surface area contributed by atoms with Gasteiger partial charge < -0.3 is 9.15 Å². The monoisotopic (exact) mass is 444 g/mol. The molecule has 0 aliphatic heterocycles. The minimum atomic E-state index is 0.103. The molecule has 0 bridgehead atoms. The summed E-state index contributed by atoms with van der Waals surface area (Å²) in [4.78, 5) is 0. The number of benzene rings is 4. The van der Waals surface area contributed by atoms with Gasteiger partial charge in [-0.2, -0.15) is 0 Å². The van der Waals surface area contributed by atoms with E-state index in [1.165, 1.54) is 27.8 Å². The standard InChI is InChI=1S/C30H24N2O2/c1-19(2)33-23-9-7-8-22(18-23)30-32-31-29(34-30)21-16-14-20(15-17-21)28-26-12-5-3-10-24(26)25-11-4-6-13-27(25)28/h3-19,28H,1-2H3. The van der Waals surface area contributed by atoms with E-state index >= 15 is 0 Å². The molecule has 6 rings (SSSR count). The third-order valence-electron chi connectivity index (χ3n) is 6.20. The highest BCUT2D eigenvalue weighted by molar-refractivity contribution is 5.80. The van der Waals surface area contributed by atoms with Gasteiger partial charge in [0.25, 0.3) is 0 Å². The van der Waals surface area contributed by atoms with Crippen molar-refractivity contribution in [3.8, 4) is 39.8 Å². The Morgan fingerprint density at radius 3 is 1.94 bits per heavy atom. The topological polar surface area (TPSA) is 48.2 Å². The molecule has 1 aromatic heterocycles. The van der Waals surface area contributed by atoms with Crippen molar-refractivity contribution in [3.05, 3.63) is 114 Å². The van der Waals surface area contributed by atoms with E-state index in [0.29, 0.717) is 11.8 Å². The van der Waals surface area contributed by atoms with Gasteiger partial charge in [0.05, 0.1) is 6.10 Å². The van der Waals surface area contributed by atoms with Crippen LogP contribution >= 0.6 is 0 Å². The molecular weight excluding hydrogens is 420 g/mol. The Morgan fingerprint density at radius 1 is 0.676 bits per heavy atom. The molecule has 0 N–H and O–H groups in total. The van der Waals surface area contributed by atoms with E-state index in [1.807, 2.05) is 38.1 Å². The van der Waals surface area contributed by atoms with Crippen molar-refractivity contribution < 1.29 is 9.15 Å². The normalized spacial score (nSPS) is 12.6. The van der Waals surface area contributed by atoms with Gasteiger partial charge in [0, 0.05) is 17.0 Å². The molecule has 0 amide bonds. The van der Waals surface area contributed by atoms with E-state index in [9.17, 15) is 0 Å². The maximum atomic E-state index is 6.02. The van der Waals surface area contributed by atoms with Crippen LogP contribution in [0.1, 0.15) is 36.5 Å². The highest BCUT2D eigenvalue weighted by atomic mass is 16.5. The summed E-state index contributed by atoms with van der Waals surface area (Å²) in [6.45, 7) is 4.01. The molecule has 0 spiro atoms. The third kappa shape index (κ3) is 3.57. The first-order valence-electron chi connectivity index (χ1n) is 11.6. The van der Waals surface area contributed by atoms with Gasteiger partial charge in [0.2, 0.25) is 11.8 Å². The Morgan fingerprint density at radius 2 is 1.29 bits per heavy atom. The van der Waals surface area contributed by atoms with Gasteiger partial charge in [-0.3, -0.25) is 0 Å². The molecule has 0 saturated carbocycles. The number of rotatable bonds is 5. The molecule has 1 aliphatic rings. The molecule has 4 aromatic carbocycles. The van der Waals surface area contributed by atoms with Crippen LogP contribution in [0.25, 0.3) is 34.0 Å². The van der Waals surface area contributed by atoms with Crippen molar-refractivity contribution in [2.45, 2.75) is 25.9 Å². The van der Waals surface area contributed by atoms with E-state index < -0.39 is 0 Å². The summed E-state index contributed by atoms with van der Waals surface area (Å²) in [6, 6.07) is 33.5. The minimum Gasteiger partial charge on any atom is -0.491 e. The summed E-state index contributed by atoms with van der Waals surface area (Å²) in [7, 11) is 0. The lowest BCUT2D eigenvalue weighted by Gasteiger charge is -2.14. The maximum Gasteiger partial charge on any atom is 0.248 e. The molecule has 0 atom stereocenters. The number of hydrogen-bond donors (Lipinski definition) is 0. The lowest BCUT2D eigenvalue weighted by atomic mass is 9.89. The van der Waals surface area contributed by atoms with Gasteiger partial charge in [-0.1, -0.05) is 66.7 Å². The summed E-state index contributed by atoms with van der Waals surface area (Å²) in [5.74, 6) is 1.99. The van der Waals surface area contributed by atoms with Gasteiger partial charge in [0.15, 0.2) is 0 Å². The molecule has 0 unspecified atom stereocenters. The van der Waals surface area contributed by atoms with Crippen LogP contribution in [0.15, 0.2) is 101 Å². The smallest absolute Gasteiger partial charge is 0.248 e. The molecule has 5 aromatic rings. The highest BCUT2D eigenvalue weighted by Crippen LogP contribution is 2.47. The largest absolute Gasteiger partial charge is 0.491 e. The van der Waals surface area contributed by atoms with Gasteiger partial charge in [-0.25, -0.2) is 0 Å². The highest BCUT2D eigenvalue weighted by Gasteiger charge is 2.29. The zero-order valence-electron chi connectivity index (χ0n) is 19.1. The first-order valence-corrected chi connectivity index (χ1v) is 11.6. The van der Waals surface area contributed by atoms with Crippen LogP contribution in [0, 0.1) is 0 Å². The Balaban J connectivity index is 1.30. The Labute approximate surface area is 198 Å². The van der Waals surface area contributed by atoms with Crippen LogP contribution in [0.3, 0.4) is 0 Å². The van der Waals surface area contributed by atoms with Crippen molar-refractivity contribution in [2.75, 3.05) is 0 Å². The summed E-state index contributed by atoms with van der Waals surface area (Å²) < 4.78 is 11.8. The van der Waals surface area contributed by atoms with Crippen LogP contribution in [0.5, 0.6) is 5.75 Å². The van der Waals surface area contributed by atoms with Crippen molar-refractivity contribution in [1.29, 1.82) is 0 Å². The number of aromatic nitrogens is 2. The quantitative estimate of drug-likeness (QED) is 0.279. The Hall–Kier alpha value is -4.18.